The van der Waals surface area contributed by atoms with E-state index in [0.29, 0.717) is 12.8 Å². The molecule has 0 saturated heterocycles. The third-order valence-corrected chi connectivity index (χ3v) is 4.50. The van der Waals surface area contributed by atoms with E-state index in [1.807, 2.05) is 13.8 Å². The first kappa shape index (κ1) is 16.8. The number of aryl methyl sites for hydroxylation is 2. The van der Waals surface area contributed by atoms with Crippen LogP contribution in [0.3, 0.4) is 0 Å². The third-order valence-electron chi connectivity index (χ3n) is 4.50. The van der Waals surface area contributed by atoms with Crippen molar-refractivity contribution >= 4 is 5.91 Å². The Morgan fingerprint density at radius 1 is 1.36 bits per heavy atom. The van der Waals surface area contributed by atoms with Gasteiger partial charge in [0, 0.05) is 24.3 Å². The van der Waals surface area contributed by atoms with E-state index in [0.717, 1.165) is 17.0 Å². The number of aromatic nitrogens is 2. The van der Waals surface area contributed by atoms with E-state index in [1.165, 1.54) is 0 Å². The molecular weight excluding hydrogens is 295 g/mol. The van der Waals surface area contributed by atoms with E-state index in [2.05, 4.69) is 10.4 Å². The van der Waals surface area contributed by atoms with Crippen molar-refractivity contribution in [2.75, 3.05) is 0 Å². The molecule has 1 amide bonds. The highest BCUT2D eigenvalue weighted by Crippen LogP contribution is 2.37. The molecule has 1 heterocycles. The number of alkyl halides is 3. The summed E-state index contributed by atoms with van der Waals surface area (Å²) in [5, 5.41) is 7.00. The molecule has 0 bridgehead atoms. The Balaban J connectivity index is 1.94. The van der Waals surface area contributed by atoms with E-state index in [1.54, 1.807) is 11.7 Å². The first-order chi connectivity index (χ1) is 10.2. The molecule has 0 aliphatic heterocycles. The van der Waals surface area contributed by atoms with E-state index in [4.69, 9.17) is 0 Å². The first-order valence-corrected chi connectivity index (χ1v) is 7.53. The van der Waals surface area contributed by atoms with Crippen LogP contribution in [0.5, 0.6) is 0 Å². The van der Waals surface area contributed by atoms with Gasteiger partial charge in [-0.25, -0.2) is 0 Å². The summed E-state index contributed by atoms with van der Waals surface area (Å²) < 4.78 is 40.1. The summed E-state index contributed by atoms with van der Waals surface area (Å²) in [5.41, 5.74) is 2.54. The second-order valence-electron chi connectivity index (χ2n) is 6.12. The third kappa shape index (κ3) is 3.81. The van der Waals surface area contributed by atoms with Crippen molar-refractivity contribution in [2.24, 2.45) is 13.0 Å². The van der Waals surface area contributed by atoms with Gasteiger partial charge in [0.25, 0.3) is 0 Å². The van der Waals surface area contributed by atoms with Crippen molar-refractivity contribution in [3.05, 3.63) is 17.0 Å². The van der Waals surface area contributed by atoms with Gasteiger partial charge in [-0.2, -0.15) is 18.3 Å². The van der Waals surface area contributed by atoms with Gasteiger partial charge in [-0.05, 0) is 33.1 Å². The maximum Gasteiger partial charge on any atom is 0.391 e. The minimum absolute atomic E-state index is 0.0136. The normalized spacial score (nSPS) is 22.6. The molecule has 0 aromatic carbocycles. The largest absolute Gasteiger partial charge is 0.391 e. The number of carbonyl (C=O) groups excluding carboxylic acids is 1. The Hall–Kier alpha value is -1.53. The molecule has 1 saturated carbocycles. The highest BCUT2D eigenvalue weighted by Gasteiger charge is 2.42. The van der Waals surface area contributed by atoms with Crippen molar-refractivity contribution in [1.29, 1.82) is 0 Å². The predicted molar refractivity (Wildman–Crippen MR) is 76.3 cm³/mol. The zero-order valence-electron chi connectivity index (χ0n) is 13.1. The molecule has 1 aromatic rings. The summed E-state index contributed by atoms with van der Waals surface area (Å²) >= 11 is 0. The Kier molecular flexibility index (Phi) is 4.82. The topological polar surface area (TPSA) is 46.9 Å². The molecule has 2 atom stereocenters. The van der Waals surface area contributed by atoms with Crippen LogP contribution in [0.4, 0.5) is 13.2 Å². The summed E-state index contributed by atoms with van der Waals surface area (Å²) in [7, 11) is 1.80. The minimum atomic E-state index is -4.17. The zero-order valence-corrected chi connectivity index (χ0v) is 13.1. The predicted octanol–water partition coefficient (Wildman–Crippen LogP) is 2.82. The van der Waals surface area contributed by atoms with Crippen LogP contribution < -0.4 is 5.32 Å². The van der Waals surface area contributed by atoms with Gasteiger partial charge in [0.1, 0.15) is 0 Å². The number of amides is 1. The van der Waals surface area contributed by atoms with E-state index in [-0.39, 0.29) is 31.2 Å². The average molecular weight is 317 g/mol. The summed E-state index contributed by atoms with van der Waals surface area (Å²) in [6, 6.07) is -0.384. The van der Waals surface area contributed by atoms with Crippen molar-refractivity contribution in [2.45, 2.75) is 58.2 Å². The average Bonchev–Trinajstić information content (AvgIpc) is 2.65. The number of nitrogens with one attached hydrogen (secondary N) is 1. The van der Waals surface area contributed by atoms with Crippen LogP contribution in [0.2, 0.25) is 0 Å². The van der Waals surface area contributed by atoms with Gasteiger partial charge < -0.3 is 5.32 Å². The Morgan fingerprint density at radius 3 is 2.59 bits per heavy atom. The molecule has 1 aliphatic rings. The molecule has 1 fully saturated rings. The molecule has 0 unspecified atom stereocenters. The number of hydrogen-bond donors (Lipinski definition) is 1. The molecule has 7 heteroatoms. The highest BCUT2D eigenvalue weighted by atomic mass is 19.4. The van der Waals surface area contributed by atoms with E-state index >= 15 is 0 Å². The molecule has 1 N–H and O–H groups in total. The van der Waals surface area contributed by atoms with Crippen LogP contribution in [-0.2, 0) is 18.3 Å². The van der Waals surface area contributed by atoms with Crippen LogP contribution in [-0.4, -0.2) is 27.9 Å². The van der Waals surface area contributed by atoms with Crippen molar-refractivity contribution in [1.82, 2.24) is 15.1 Å². The van der Waals surface area contributed by atoms with Crippen LogP contribution in [0, 0.1) is 19.8 Å². The lowest BCUT2D eigenvalue weighted by atomic mass is 9.85. The second-order valence-corrected chi connectivity index (χ2v) is 6.12. The van der Waals surface area contributed by atoms with Gasteiger partial charge in [-0.15, -0.1) is 0 Å². The monoisotopic (exact) mass is 317 g/mol. The molecule has 22 heavy (non-hydrogen) atoms. The maximum atomic E-state index is 12.8. The standard InChI is InChI=1S/C15H22F3N3O/c1-9-13(10(2)21(3)20-9)8-14(22)19-12-6-4-5-11(7-12)15(16,17)18/h11-12H,4-8H2,1-3H3,(H,19,22)/t11-,12+/m1/s1. The van der Waals surface area contributed by atoms with Gasteiger partial charge in [0.2, 0.25) is 5.91 Å². The summed E-state index contributed by atoms with van der Waals surface area (Å²) in [6.07, 6.45) is -2.74. The van der Waals surface area contributed by atoms with E-state index in [9.17, 15) is 18.0 Å². The van der Waals surface area contributed by atoms with Crippen molar-refractivity contribution in [3.8, 4) is 0 Å². The fourth-order valence-corrected chi connectivity index (χ4v) is 3.13. The summed E-state index contributed by atoms with van der Waals surface area (Å²) in [5.74, 6) is -1.53. The number of hydrogen-bond acceptors (Lipinski definition) is 2. The molecule has 0 spiro atoms. The molecular formula is C15H22F3N3O. The highest BCUT2D eigenvalue weighted by molar-refractivity contribution is 5.79. The van der Waals surface area contributed by atoms with Gasteiger partial charge in [-0.3, -0.25) is 9.48 Å². The molecule has 1 aromatic heterocycles. The fourth-order valence-electron chi connectivity index (χ4n) is 3.13. The lowest BCUT2D eigenvalue weighted by Crippen LogP contribution is -2.42. The molecule has 0 radical (unpaired) electrons. The smallest absolute Gasteiger partial charge is 0.353 e. The SMILES string of the molecule is Cc1nn(C)c(C)c1CC(=O)N[C@H]1CCC[C@@H](C(F)(F)F)C1. The number of nitrogens with zero attached hydrogens (tertiary/aromatic N) is 2. The molecule has 124 valence electrons. The van der Waals surface area contributed by atoms with Crippen LogP contribution in [0.1, 0.15) is 42.6 Å². The van der Waals surface area contributed by atoms with Crippen molar-refractivity contribution in [3.63, 3.8) is 0 Å². The summed E-state index contributed by atoms with van der Waals surface area (Å²) in [6.45, 7) is 3.71. The van der Waals surface area contributed by atoms with Crippen LogP contribution >= 0.6 is 0 Å². The minimum Gasteiger partial charge on any atom is -0.353 e. The van der Waals surface area contributed by atoms with Gasteiger partial charge in [-0.1, -0.05) is 6.42 Å². The summed E-state index contributed by atoms with van der Waals surface area (Å²) in [4.78, 5) is 12.1. The Morgan fingerprint density at radius 2 is 2.05 bits per heavy atom. The van der Waals surface area contributed by atoms with Crippen LogP contribution in [0.15, 0.2) is 0 Å². The lowest BCUT2D eigenvalue weighted by molar-refractivity contribution is -0.184. The van der Waals surface area contributed by atoms with Crippen LogP contribution in [0.25, 0.3) is 0 Å². The zero-order chi connectivity index (χ0) is 16.5. The van der Waals surface area contributed by atoms with E-state index < -0.39 is 12.1 Å². The fraction of sp³-hybridized carbons (Fsp3) is 0.733. The maximum absolute atomic E-state index is 12.8. The molecule has 1 aliphatic carbocycles. The van der Waals surface area contributed by atoms with Crippen molar-refractivity contribution < 1.29 is 18.0 Å². The van der Waals surface area contributed by atoms with Gasteiger partial charge >= 0.3 is 6.18 Å². The number of carbonyl (C=O) groups is 1. The lowest BCUT2D eigenvalue weighted by Gasteiger charge is -2.31. The Bertz CT molecular complexity index is 551. The molecule has 4 nitrogen and oxygen atoms in total. The molecule has 2 rings (SSSR count). The quantitative estimate of drug-likeness (QED) is 0.932. The number of halogens is 3. The van der Waals surface area contributed by atoms with Gasteiger partial charge in [0.05, 0.1) is 18.0 Å². The Labute approximate surface area is 128 Å². The number of rotatable bonds is 3. The second kappa shape index (κ2) is 6.30. The van der Waals surface area contributed by atoms with Gasteiger partial charge in [0.15, 0.2) is 0 Å². The first-order valence-electron chi connectivity index (χ1n) is 7.53.